The molecule has 0 radical (unpaired) electrons. The summed E-state index contributed by atoms with van der Waals surface area (Å²) in [6, 6.07) is 0. The number of carbonyl (C=O) groups is 2. The van der Waals surface area contributed by atoms with Crippen molar-refractivity contribution in [2.75, 3.05) is 6.67 Å². The lowest BCUT2D eigenvalue weighted by molar-refractivity contribution is -0.154. The fourth-order valence-electron chi connectivity index (χ4n) is 0.525. The smallest absolute Gasteiger partial charge is 0.319 e. The Labute approximate surface area is 63.2 Å². The van der Waals surface area contributed by atoms with Crippen LogP contribution in [0.4, 0.5) is 4.39 Å². The van der Waals surface area contributed by atoms with Crippen molar-refractivity contribution in [3.05, 3.63) is 0 Å². The Kier molecular flexibility index (Phi) is 2.98. The molecule has 1 amide bonds. The van der Waals surface area contributed by atoms with Crippen LogP contribution in [0.2, 0.25) is 0 Å². The Morgan fingerprint density at radius 3 is 2.18 bits per heavy atom. The molecule has 0 saturated carbocycles. The summed E-state index contributed by atoms with van der Waals surface area (Å²) in [5.41, 5.74) is 3.00. The van der Waals surface area contributed by atoms with Crippen LogP contribution >= 0.6 is 0 Å². The minimum absolute atomic E-state index is 0.377. The predicted molar refractivity (Wildman–Crippen MR) is 35.5 cm³/mol. The van der Waals surface area contributed by atoms with Gasteiger partial charge < -0.3 is 10.8 Å². The molecule has 4 nitrogen and oxygen atoms in total. The highest BCUT2D eigenvalue weighted by Crippen LogP contribution is 2.20. The van der Waals surface area contributed by atoms with Crippen molar-refractivity contribution >= 4 is 11.9 Å². The van der Waals surface area contributed by atoms with Gasteiger partial charge in [-0.05, 0) is 6.92 Å². The monoisotopic (exact) mass is 163 g/mol. The molecule has 3 N–H and O–H groups in total. The van der Waals surface area contributed by atoms with Gasteiger partial charge in [0.25, 0.3) is 0 Å². The molecule has 0 saturated heterocycles. The van der Waals surface area contributed by atoms with Crippen molar-refractivity contribution in [1.29, 1.82) is 0 Å². The van der Waals surface area contributed by atoms with Gasteiger partial charge in [0.2, 0.25) is 5.91 Å². The van der Waals surface area contributed by atoms with Gasteiger partial charge in [-0.1, -0.05) is 0 Å². The molecule has 0 aliphatic carbocycles. The maximum absolute atomic E-state index is 11.7. The molecule has 0 aliphatic rings. The summed E-state index contributed by atoms with van der Waals surface area (Å²) in [5, 5.41) is 8.47. The first-order chi connectivity index (χ1) is 4.95. The second-order valence-corrected chi connectivity index (χ2v) is 2.44. The fourth-order valence-corrected chi connectivity index (χ4v) is 0.525. The first kappa shape index (κ1) is 9.87. The lowest BCUT2D eigenvalue weighted by Gasteiger charge is -2.18. The van der Waals surface area contributed by atoms with Crippen LogP contribution in [0.1, 0.15) is 13.3 Å². The molecule has 0 aromatic rings. The number of hydrogen-bond donors (Lipinski definition) is 2. The third-order valence-corrected chi connectivity index (χ3v) is 1.61. The molecule has 0 aromatic heterocycles. The molecular weight excluding hydrogens is 153 g/mol. The summed E-state index contributed by atoms with van der Waals surface area (Å²) in [6.07, 6.45) is -0.377. The van der Waals surface area contributed by atoms with Gasteiger partial charge in [0.05, 0.1) is 6.67 Å². The lowest BCUT2D eigenvalue weighted by atomic mass is 9.87. The number of carbonyl (C=O) groups excluding carboxylic acids is 1. The molecule has 11 heavy (non-hydrogen) atoms. The van der Waals surface area contributed by atoms with Gasteiger partial charge in [0.15, 0.2) is 0 Å². The van der Waals surface area contributed by atoms with Crippen LogP contribution in [0.5, 0.6) is 0 Å². The molecular formula is C6H10FNO3. The average Bonchev–Trinajstić information content (AvgIpc) is 1.87. The van der Waals surface area contributed by atoms with E-state index in [0.717, 1.165) is 6.92 Å². The Morgan fingerprint density at radius 2 is 2.09 bits per heavy atom. The topological polar surface area (TPSA) is 80.4 Å². The van der Waals surface area contributed by atoms with Crippen LogP contribution in [0, 0.1) is 5.41 Å². The van der Waals surface area contributed by atoms with Gasteiger partial charge >= 0.3 is 5.97 Å². The van der Waals surface area contributed by atoms with Gasteiger partial charge in [-0.15, -0.1) is 0 Å². The predicted octanol–water partition coefficient (Wildman–Crippen LogP) is -0.0778. The van der Waals surface area contributed by atoms with E-state index in [9.17, 15) is 14.0 Å². The van der Waals surface area contributed by atoms with E-state index in [0.29, 0.717) is 0 Å². The maximum atomic E-state index is 11.7. The van der Waals surface area contributed by atoms with Gasteiger partial charge in [-0.2, -0.15) is 0 Å². The number of nitrogens with two attached hydrogens (primary N) is 1. The number of primary amides is 1. The molecule has 1 atom stereocenters. The molecule has 0 fully saturated rings. The second-order valence-electron chi connectivity index (χ2n) is 2.44. The lowest BCUT2D eigenvalue weighted by Crippen LogP contribution is -2.41. The number of hydrogen-bond acceptors (Lipinski definition) is 2. The zero-order chi connectivity index (χ0) is 9.07. The summed E-state index contributed by atoms with van der Waals surface area (Å²) < 4.78 is 11.7. The van der Waals surface area contributed by atoms with E-state index in [-0.39, 0.29) is 6.42 Å². The summed E-state index contributed by atoms with van der Waals surface area (Å²) in [4.78, 5) is 20.9. The highest BCUT2D eigenvalue weighted by atomic mass is 19.1. The van der Waals surface area contributed by atoms with E-state index in [1.54, 1.807) is 0 Å². The van der Waals surface area contributed by atoms with E-state index >= 15 is 0 Å². The van der Waals surface area contributed by atoms with Crippen molar-refractivity contribution in [2.45, 2.75) is 13.3 Å². The molecule has 0 spiro atoms. The van der Waals surface area contributed by atoms with E-state index in [4.69, 9.17) is 10.8 Å². The van der Waals surface area contributed by atoms with E-state index < -0.39 is 24.0 Å². The third kappa shape index (κ3) is 1.89. The standard InChI is InChI=1S/C6H10FNO3/c1-6(2-3-7,4(8)9)5(10)11/h2-3H2,1H3,(H2,8,9)(H,10,11). The normalized spacial score (nSPS) is 15.5. The van der Waals surface area contributed by atoms with Crippen molar-refractivity contribution in [2.24, 2.45) is 11.1 Å². The molecule has 64 valence electrons. The number of aliphatic carboxylic acids is 1. The number of carboxylic acids is 1. The van der Waals surface area contributed by atoms with Crippen molar-refractivity contribution < 1.29 is 19.1 Å². The fraction of sp³-hybridized carbons (Fsp3) is 0.667. The molecule has 0 aliphatic heterocycles. The SMILES string of the molecule is CC(CCF)(C(N)=O)C(=O)O. The van der Waals surface area contributed by atoms with Crippen LogP contribution < -0.4 is 5.73 Å². The Hall–Kier alpha value is -1.13. The van der Waals surface area contributed by atoms with Crippen LogP contribution in [-0.4, -0.2) is 23.7 Å². The summed E-state index contributed by atoms with van der Waals surface area (Å²) in [5.74, 6) is -2.40. The highest BCUT2D eigenvalue weighted by molar-refractivity contribution is 6.00. The van der Waals surface area contributed by atoms with E-state index in [1.165, 1.54) is 0 Å². The second kappa shape index (κ2) is 3.32. The average molecular weight is 163 g/mol. The summed E-state index contributed by atoms with van der Waals surface area (Å²) in [6.45, 7) is 0.239. The number of carboxylic acid groups (broad SMARTS) is 1. The number of amides is 1. The van der Waals surface area contributed by atoms with Crippen LogP contribution in [0.15, 0.2) is 0 Å². The number of halogens is 1. The Bertz CT molecular complexity index is 167. The first-order valence-corrected chi connectivity index (χ1v) is 3.04. The largest absolute Gasteiger partial charge is 0.480 e. The molecule has 1 unspecified atom stereocenters. The van der Waals surface area contributed by atoms with Gasteiger partial charge in [0, 0.05) is 6.42 Å². The van der Waals surface area contributed by atoms with Gasteiger partial charge in [-0.3, -0.25) is 14.0 Å². The van der Waals surface area contributed by atoms with Crippen molar-refractivity contribution in [1.82, 2.24) is 0 Å². The molecule has 0 aromatic carbocycles. The third-order valence-electron chi connectivity index (χ3n) is 1.61. The zero-order valence-electron chi connectivity index (χ0n) is 6.13. The zero-order valence-corrected chi connectivity index (χ0v) is 6.13. The Morgan fingerprint density at radius 1 is 1.64 bits per heavy atom. The van der Waals surface area contributed by atoms with Crippen LogP contribution in [-0.2, 0) is 9.59 Å². The van der Waals surface area contributed by atoms with Gasteiger partial charge in [0.1, 0.15) is 5.41 Å². The number of alkyl halides is 1. The molecule has 0 heterocycles. The molecule has 0 rings (SSSR count). The highest BCUT2D eigenvalue weighted by Gasteiger charge is 2.39. The van der Waals surface area contributed by atoms with Gasteiger partial charge in [-0.25, -0.2) is 0 Å². The van der Waals surface area contributed by atoms with Crippen molar-refractivity contribution in [3.8, 4) is 0 Å². The van der Waals surface area contributed by atoms with Crippen molar-refractivity contribution in [3.63, 3.8) is 0 Å². The summed E-state index contributed by atoms with van der Waals surface area (Å²) in [7, 11) is 0. The maximum Gasteiger partial charge on any atom is 0.319 e. The summed E-state index contributed by atoms with van der Waals surface area (Å²) >= 11 is 0. The minimum Gasteiger partial charge on any atom is -0.480 e. The minimum atomic E-state index is -1.77. The number of rotatable bonds is 4. The van der Waals surface area contributed by atoms with Crippen LogP contribution in [0.3, 0.4) is 0 Å². The van der Waals surface area contributed by atoms with Crippen LogP contribution in [0.25, 0.3) is 0 Å². The molecule has 0 bridgehead atoms. The quantitative estimate of drug-likeness (QED) is 0.569. The molecule has 5 heteroatoms. The Balaban J connectivity index is 4.52. The van der Waals surface area contributed by atoms with E-state index in [2.05, 4.69) is 0 Å². The van der Waals surface area contributed by atoms with E-state index in [1.807, 2.05) is 0 Å². The first-order valence-electron chi connectivity index (χ1n) is 3.04.